The summed E-state index contributed by atoms with van der Waals surface area (Å²) in [6.07, 6.45) is 2.77. The molecule has 0 heterocycles. The molecule has 0 aliphatic rings. The minimum Gasteiger partial charge on any atom is -0.493 e. The summed E-state index contributed by atoms with van der Waals surface area (Å²) in [4.78, 5) is 23.8. The first kappa shape index (κ1) is 19.6. The SMILES string of the molecule is COc1cc(/C=C/C(=O)NNC(=O)c2cccc(Cl)c2)cc(Cl)c1OC. The highest BCUT2D eigenvalue weighted by Gasteiger charge is 2.10. The smallest absolute Gasteiger partial charge is 0.269 e. The molecule has 2 aromatic rings. The lowest BCUT2D eigenvalue weighted by molar-refractivity contribution is -0.117. The van der Waals surface area contributed by atoms with Crippen LogP contribution in [0.15, 0.2) is 42.5 Å². The van der Waals surface area contributed by atoms with Gasteiger partial charge >= 0.3 is 0 Å². The van der Waals surface area contributed by atoms with Gasteiger partial charge in [-0.25, -0.2) is 0 Å². The molecule has 0 aliphatic heterocycles. The van der Waals surface area contributed by atoms with Crippen molar-refractivity contribution in [2.45, 2.75) is 0 Å². The summed E-state index contributed by atoms with van der Waals surface area (Å²) in [7, 11) is 2.97. The molecule has 0 unspecified atom stereocenters. The summed E-state index contributed by atoms with van der Waals surface area (Å²) >= 11 is 11.9. The third-order valence-electron chi connectivity index (χ3n) is 3.27. The van der Waals surface area contributed by atoms with Crippen LogP contribution >= 0.6 is 23.2 Å². The summed E-state index contributed by atoms with van der Waals surface area (Å²) in [5.41, 5.74) is 5.53. The zero-order valence-electron chi connectivity index (χ0n) is 14.0. The van der Waals surface area contributed by atoms with Crippen LogP contribution in [0.2, 0.25) is 10.0 Å². The Bertz CT molecular complexity index is 853. The Balaban J connectivity index is 1.99. The van der Waals surface area contributed by atoms with Gasteiger partial charge < -0.3 is 9.47 Å². The zero-order chi connectivity index (χ0) is 19.1. The standard InChI is InChI=1S/C18H16Cl2N2O4/c1-25-15-9-11(8-14(20)17(15)26-2)6-7-16(23)21-22-18(24)12-4-3-5-13(19)10-12/h3-10H,1-2H3,(H,21,23)(H,22,24)/b7-6+. The highest BCUT2D eigenvalue weighted by molar-refractivity contribution is 6.32. The molecule has 0 aliphatic carbocycles. The third kappa shape index (κ3) is 5.15. The van der Waals surface area contributed by atoms with E-state index in [9.17, 15) is 9.59 Å². The highest BCUT2D eigenvalue weighted by atomic mass is 35.5. The lowest BCUT2D eigenvalue weighted by atomic mass is 10.2. The Kier molecular flexibility index (Phi) is 6.89. The second-order valence-electron chi connectivity index (χ2n) is 5.03. The molecule has 2 amide bonds. The van der Waals surface area contributed by atoms with Crippen LogP contribution in [0.4, 0.5) is 0 Å². The fourth-order valence-corrected chi connectivity index (χ4v) is 2.55. The topological polar surface area (TPSA) is 76.7 Å². The number of carbonyl (C=O) groups is 2. The van der Waals surface area contributed by atoms with Gasteiger partial charge in [-0.2, -0.15) is 0 Å². The van der Waals surface area contributed by atoms with Crippen LogP contribution in [0.5, 0.6) is 11.5 Å². The highest BCUT2D eigenvalue weighted by Crippen LogP contribution is 2.36. The molecule has 8 heteroatoms. The molecule has 6 nitrogen and oxygen atoms in total. The van der Waals surface area contributed by atoms with E-state index in [-0.39, 0.29) is 0 Å². The second-order valence-corrected chi connectivity index (χ2v) is 5.87. The first-order valence-electron chi connectivity index (χ1n) is 7.40. The number of halogens is 2. The van der Waals surface area contributed by atoms with Crippen molar-refractivity contribution in [3.63, 3.8) is 0 Å². The van der Waals surface area contributed by atoms with Crippen molar-refractivity contribution in [3.05, 3.63) is 63.6 Å². The summed E-state index contributed by atoms with van der Waals surface area (Å²) in [5, 5.41) is 0.773. The van der Waals surface area contributed by atoms with Gasteiger partial charge in [-0.1, -0.05) is 29.3 Å². The Morgan fingerprint density at radius 1 is 1.04 bits per heavy atom. The fourth-order valence-electron chi connectivity index (χ4n) is 2.07. The maximum absolute atomic E-state index is 11.9. The van der Waals surface area contributed by atoms with Crippen molar-refractivity contribution in [2.75, 3.05) is 14.2 Å². The van der Waals surface area contributed by atoms with Gasteiger partial charge in [0.1, 0.15) is 0 Å². The second kappa shape index (κ2) is 9.12. The van der Waals surface area contributed by atoms with Crippen molar-refractivity contribution in [2.24, 2.45) is 0 Å². The molecular weight excluding hydrogens is 379 g/mol. The minimum absolute atomic E-state index is 0.327. The number of methoxy groups -OCH3 is 2. The Morgan fingerprint density at radius 3 is 2.46 bits per heavy atom. The molecule has 0 bridgehead atoms. The van der Waals surface area contributed by atoms with E-state index in [4.69, 9.17) is 32.7 Å². The average Bonchev–Trinajstić information content (AvgIpc) is 2.63. The Labute approximate surface area is 160 Å². The fraction of sp³-hybridized carbons (Fsp3) is 0.111. The van der Waals surface area contributed by atoms with E-state index in [0.717, 1.165) is 0 Å². The van der Waals surface area contributed by atoms with E-state index in [1.54, 1.807) is 30.3 Å². The number of ether oxygens (including phenoxy) is 2. The molecule has 136 valence electrons. The largest absolute Gasteiger partial charge is 0.493 e. The van der Waals surface area contributed by atoms with Crippen LogP contribution in [-0.4, -0.2) is 26.0 Å². The van der Waals surface area contributed by atoms with Gasteiger partial charge in [-0.15, -0.1) is 0 Å². The molecule has 0 aromatic heterocycles. The normalized spacial score (nSPS) is 10.5. The van der Waals surface area contributed by atoms with Crippen LogP contribution in [0.3, 0.4) is 0 Å². The molecule has 2 N–H and O–H groups in total. The molecule has 2 aromatic carbocycles. The number of nitrogens with one attached hydrogen (secondary N) is 2. The molecule has 0 saturated heterocycles. The molecule has 0 saturated carbocycles. The van der Waals surface area contributed by atoms with Gasteiger partial charge in [-0.3, -0.25) is 20.4 Å². The molecule has 0 fully saturated rings. The number of hydrazine groups is 1. The summed E-state index contributed by atoms with van der Waals surface area (Å²) in [6, 6.07) is 9.64. The predicted octanol–water partition coefficient (Wildman–Crippen LogP) is 3.49. The lowest BCUT2D eigenvalue weighted by Gasteiger charge is -2.10. The van der Waals surface area contributed by atoms with Crippen molar-refractivity contribution in [1.82, 2.24) is 10.9 Å². The van der Waals surface area contributed by atoms with Gasteiger partial charge in [-0.05, 0) is 42.0 Å². The summed E-state index contributed by atoms with van der Waals surface area (Å²) < 4.78 is 10.3. The van der Waals surface area contributed by atoms with Gasteiger partial charge in [0.05, 0.1) is 19.2 Å². The van der Waals surface area contributed by atoms with E-state index in [1.165, 1.54) is 32.4 Å². The van der Waals surface area contributed by atoms with Crippen LogP contribution < -0.4 is 20.3 Å². The molecule has 0 atom stereocenters. The van der Waals surface area contributed by atoms with Crippen LogP contribution in [-0.2, 0) is 4.79 Å². The molecule has 2 rings (SSSR count). The maximum Gasteiger partial charge on any atom is 0.269 e. The van der Waals surface area contributed by atoms with Crippen molar-refractivity contribution in [3.8, 4) is 11.5 Å². The van der Waals surface area contributed by atoms with E-state index >= 15 is 0 Å². The molecule has 0 radical (unpaired) electrons. The van der Waals surface area contributed by atoms with Crippen LogP contribution in [0.1, 0.15) is 15.9 Å². The van der Waals surface area contributed by atoms with E-state index in [1.807, 2.05) is 0 Å². The van der Waals surface area contributed by atoms with Crippen LogP contribution in [0.25, 0.3) is 6.08 Å². The number of hydrogen-bond donors (Lipinski definition) is 2. The number of hydrogen-bond acceptors (Lipinski definition) is 4. The number of carbonyl (C=O) groups excluding carboxylic acids is 2. The van der Waals surface area contributed by atoms with Crippen molar-refractivity contribution >= 4 is 41.1 Å². The van der Waals surface area contributed by atoms with Crippen molar-refractivity contribution < 1.29 is 19.1 Å². The van der Waals surface area contributed by atoms with Gasteiger partial charge in [0.2, 0.25) is 0 Å². The number of benzene rings is 2. The van der Waals surface area contributed by atoms with Crippen LogP contribution in [0, 0.1) is 0 Å². The molecule has 26 heavy (non-hydrogen) atoms. The number of rotatable bonds is 5. The van der Waals surface area contributed by atoms with E-state index < -0.39 is 11.8 Å². The van der Waals surface area contributed by atoms with Gasteiger partial charge in [0.25, 0.3) is 11.8 Å². The first-order valence-corrected chi connectivity index (χ1v) is 8.15. The Morgan fingerprint density at radius 2 is 1.81 bits per heavy atom. The third-order valence-corrected chi connectivity index (χ3v) is 3.78. The van der Waals surface area contributed by atoms with E-state index in [0.29, 0.717) is 32.7 Å². The minimum atomic E-state index is -0.522. The van der Waals surface area contributed by atoms with Gasteiger partial charge in [0, 0.05) is 16.7 Å². The summed E-state index contributed by atoms with van der Waals surface area (Å²) in [6.45, 7) is 0. The first-order chi connectivity index (χ1) is 12.4. The molecular formula is C18H16Cl2N2O4. The summed E-state index contributed by atoms with van der Waals surface area (Å²) in [5.74, 6) is -0.159. The number of amides is 2. The molecule has 0 spiro atoms. The lowest BCUT2D eigenvalue weighted by Crippen LogP contribution is -2.40. The van der Waals surface area contributed by atoms with Gasteiger partial charge in [0.15, 0.2) is 11.5 Å². The van der Waals surface area contributed by atoms with E-state index in [2.05, 4.69) is 10.9 Å². The average molecular weight is 395 g/mol. The van der Waals surface area contributed by atoms with Crippen molar-refractivity contribution in [1.29, 1.82) is 0 Å². The maximum atomic E-state index is 11.9. The zero-order valence-corrected chi connectivity index (χ0v) is 15.5. The predicted molar refractivity (Wildman–Crippen MR) is 101 cm³/mol. The Hall–Kier alpha value is -2.70. The monoisotopic (exact) mass is 394 g/mol. The quantitative estimate of drug-likeness (QED) is 0.600.